The SMILES string of the molecule is CCCCC/C=C\C/C=C\CCCCCCCC(=O)C(O)C(CN(C)C)C(=O)CCCCCCC/C=C\C/C=C\CCCCC. The molecular formula is C41H73NO3. The van der Waals surface area contributed by atoms with E-state index < -0.39 is 12.0 Å². The zero-order chi connectivity index (χ0) is 33.2. The molecule has 0 amide bonds. The summed E-state index contributed by atoms with van der Waals surface area (Å²) in [6.45, 7) is 4.90. The maximum absolute atomic E-state index is 13.0. The Morgan fingerprint density at radius 1 is 0.511 bits per heavy atom. The molecule has 0 bridgehead atoms. The van der Waals surface area contributed by atoms with Gasteiger partial charge in [-0.1, -0.05) is 127 Å². The van der Waals surface area contributed by atoms with Crippen LogP contribution in [0.3, 0.4) is 0 Å². The van der Waals surface area contributed by atoms with E-state index >= 15 is 0 Å². The molecule has 0 aromatic rings. The number of aliphatic hydroxyl groups is 1. The highest BCUT2D eigenvalue weighted by Gasteiger charge is 2.31. The average Bonchev–Trinajstić information content (AvgIpc) is 3.02. The first kappa shape index (κ1) is 43.2. The van der Waals surface area contributed by atoms with Crippen LogP contribution in [0.5, 0.6) is 0 Å². The lowest BCUT2D eigenvalue weighted by Crippen LogP contribution is -2.41. The molecule has 0 saturated heterocycles. The lowest BCUT2D eigenvalue weighted by atomic mass is 9.89. The summed E-state index contributed by atoms with van der Waals surface area (Å²) >= 11 is 0. The van der Waals surface area contributed by atoms with Crippen LogP contribution in [0.2, 0.25) is 0 Å². The van der Waals surface area contributed by atoms with Gasteiger partial charge in [-0.2, -0.15) is 0 Å². The summed E-state index contributed by atoms with van der Waals surface area (Å²) in [7, 11) is 3.80. The van der Waals surface area contributed by atoms with Gasteiger partial charge in [0.2, 0.25) is 0 Å². The number of hydrogen-bond donors (Lipinski definition) is 1. The van der Waals surface area contributed by atoms with E-state index in [9.17, 15) is 14.7 Å². The summed E-state index contributed by atoms with van der Waals surface area (Å²) in [5.41, 5.74) is 0. The topological polar surface area (TPSA) is 57.6 Å². The van der Waals surface area contributed by atoms with Crippen molar-refractivity contribution in [1.82, 2.24) is 4.90 Å². The molecule has 45 heavy (non-hydrogen) atoms. The Hall–Kier alpha value is -1.78. The van der Waals surface area contributed by atoms with Crippen molar-refractivity contribution < 1.29 is 14.7 Å². The van der Waals surface area contributed by atoms with Crippen LogP contribution < -0.4 is 0 Å². The number of hydrogen-bond acceptors (Lipinski definition) is 4. The molecule has 4 nitrogen and oxygen atoms in total. The average molecular weight is 628 g/mol. The van der Waals surface area contributed by atoms with Gasteiger partial charge in [-0.15, -0.1) is 0 Å². The lowest BCUT2D eigenvalue weighted by molar-refractivity contribution is -0.138. The number of nitrogens with zero attached hydrogens (tertiary/aromatic N) is 1. The predicted molar refractivity (Wildman–Crippen MR) is 197 cm³/mol. The third-order valence-corrected chi connectivity index (χ3v) is 8.43. The second-order valence-electron chi connectivity index (χ2n) is 13.2. The van der Waals surface area contributed by atoms with Gasteiger partial charge in [-0.3, -0.25) is 9.59 Å². The van der Waals surface area contributed by atoms with Crippen molar-refractivity contribution in [2.75, 3.05) is 20.6 Å². The largest absolute Gasteiger partial charge is 0.385 e. The van der Waals surface area contributed by atoms with Gasteiger partial charge in [-0.05, 0) is 91.1 Å². The quantitative estimate of drug-likeness (QED) is 0.0581. The Morgan fingerprint density at radius 3 is 1.27 bits per heavy atom. The van der Waals surface area contributed by atoms with Gasteiger partial charge in [0.05, 0.1) is 5.92 Å². The lowest BCUT2D eigenvalue weighted by Gasteiger charge is -2.24. The zero-order valence-electron chi connectivity index (χ0n) is 30.2. The molecule has 0 aliphatic carbocycles. The molecule has 0 spiro atoms. The van der Waals surface area contributed by atoms with Gasteiger partial charge in [0.15, 0.2) is 5.78 Å². The fourth-order valence-electron chi connectivity index (χ4n) is 5.55. The number of Topliss-reactive ketones (excluding diaryl/α,β-unsaturated/α-hetero) is 2. The van der Waals surface area contributed by atoms with Crippen LogP contribution in [-0.2, 0) is 9.59 Å². The van der Waals surface area contributed by atoms with E-state index in [0.717, 1.165) is 64.2 Å². The van der Waals surface area contributed by atoms with Crippen LogP contribution in [0.15, 0.2) is 48.6 Å². The van der Waals surface area contributed by atoms with Gasteiger partial charge in [0.1, 0.15) is 11.9 Å². The van der Waals surface area contributed by atoms with Gasteiger partial charge in [0, 0.05) is 19.4 Å². The van der Waals surface area contributed by atoms with Crippen molar-refractivity contribution in [2.24, 2.45) is 5.92 Å². The van der Waals surface area contributed by atoms with Gasteiger partial charge < -0.3 is 10.0 Å². The third kappa shape index (κ3) is 29.4. The van der Waals surface area contributed by atoms with Crippen LogP contribution in [-0.4, -0.2) is 48.3 Å². The molecule has 2 atom stereocenters. The molecule has 0 aromatic heterocycles. The van der Waals surface area contributed by atoms with E-state index in [4.69, 9.17) is 0 Å². The molecular weight excluding hydrogens is 554 g/mol. The van der Waals surface area contributed by atoms with Crippen LogP contribution in [0.25, 0.3) is 0 Å². The van der Waals surface area contributed by atoms with E-state index in [1.54, 1.807) is 0 Å². The second kappa shape index (κ2) is 33.6. The van der Waals surface area contributed by atoms with Crippen LogP contribution in [0.4, 0.5) is 0 Å². The molecule has 0 heterocycles. The maximum atomic E-state index is 13.0. The highest BCUT2D eigenvalue weighted by atomic mass is 16.3. The summed E-state index contributed by atoms with van der Waals surface area (Å²) in [5, 5.41) is 10.8. The third-order valence-electron chi connectivity index (χ3n) is 8.43. The van der Waals surface area contributed by atoms with E-state index in [-0.39, 0.29) is 11.6 Å². The summed E-state index contributed by atoms with van der Waals surface area (Å²) in [4.78, 5) is 27.7. The number of ketones is 2. The molecule has 0 aromatic carbocycles. The fraction of sp³-hybridized carbons (Fsp3) is 0.756. The van der Waals surface area contributed by atoms with E-state index in [1.807, 2.05) is 19.0 Å². The number of aliphatic hydroxyl groups excluding tert-OH is 1. The minimum atomic E-state index is -1.18. The van der Waals surface area contributed by atoms with Gasteiger partial charge in [0.25, 0.3) is 0 Å². The molecule has 4 heteroatoms. The number of carbonyl (C=O) groups is 2. The van der Waals surface area contributed by atoms with Crippen molar-refractivity contribution in [3.8, 4) is 0 Å². The van der Waals surface area contributed by atoms with Gasteiger partial charge in [-0.25, -0.2) is 0 Å². The summed E-state index contributed by atoms with van der Waals surface area (Å²) in [5.74, 6) is -0.743. The molecule has 0 aliphatic heterocycles. The normalized spacial score (nSPS) is 13.7. The summed E-state index contributed by atoms with van der Waals surface area (Å²) < 4.78 is 0. The summed E-state index contributed by atoms with van der Waals surface area (Å²) in [6.07, 6.45) is 43.0. The predicted octanol–water partition coefficient (Wildman–Crippen LogP) is 11.3. The molecule has 260 valence electrons. The minimum Gasteiger partial charge on any atom is -0.385 e. The summed E-state index contributed by atoms with van der Waals surface area (Å²) in [6, 6.07) is 0. The first-order valence-electron chi connectivity index (χ1n) is 18.9. The molecule has 0 fully saturated rings. The van der Waals surface area contributed by atoms with Gasteiger partial charge >= 0.3 is 0 Å². The number of allylic oxidation sites excluding steroid dienone is 8. The first-order chi connectivity index (χ1) is 21.9. The zero-order valence-corrected chi connectivity index (χ0v) is 30.2. The Labute approximate surface area is 279 Å². The molecule has 1 N–H and O–H groups in total. The van der Waals surface area contributed by atoms with Crippen LogP contribution in [0, 0.1) is 5.92 Å². The smallest absolute Gasteiger partial charge is 0.162 e. The Bertz CT molecular complexity index is 795. The molecule has 0 saturated carbocycles. The Kier molecular flexibility index (Phi) is 32.3. The number of rotatable bonds is 33. The highest BCUT2D eigenvalue weighted by molar-refractivity contribution is 5.91. The minimum absolute atomic E-state index is 0.0373. The van der Waals surface area contributed by atoms with E-state index in [1.165, 1.54) is 77.0 Å². The van der Waals surface area contributed by atoms with Crippen molar-refractivity contribution >= 4 is 11.6 Å². The molecule has 0 radical (unpaired) electrons. The van der Waals surface area contributed by atoms with Crippen molar-refractivity contribution in [1.29, 1.82) is 0 Å². The molecule has 0 rings (SSSR count). The second-order valence-corrected chi connectivity index (χ2v) is 13.2. The van der Waals surface area contributed by atoms with Crippen molar-refractivity contribution in [2.45, 2.75) is 174 Å². The number of carbonyl (C=O) groups excluding carboxylic acids is 2. The first-order valence-corrected chi connectivity index (χ1v) is 18.9. The van der Waals surface area contributed by atoms with Crippen LogP contribution in [0.1, 0.15) is 168 Å². The fourth-order valence-corrected chi connectivity index (χ4v) is 5.55. The van der Waals surface area contributed by atoms with Crippen LogP contribution >= 0.6 is 0 Å². The monoisotopic (exact) mass is 628 g/mol. The van der Waals surface area contributed by atoms with Crippen molar-refractivity contribution in [3.63, 3.8) is 0 Å². The maximum Gasteiger partial charge on any atom is 0.162 e. The molecule has 0 aliphatic rings. The standard InChI is InChI=1S/C41H73NO3/c1-5-7-9-11-13-15-17-19-21-23-25-27-29-31-33-35-39(43)38(37-42(3)4)41(45)40(44)36-34-32-30-28-26-24-22-20-18-16-14-12-10-8-6-2/h13-16,19-22,38,41,45H,5-12,17-18,23-37H2,1-4H3/b15-13-,16-14-,21-19-,22-20-. The number of unbranched alkanes of at least 4 members (excludes halogenated alkanes) is 16. The highest BCUT2D eigenvalue weighted by Crippen LogP contribution is 2.17. The van der Waals surface area contributed by atoms with E-state index in [0.29, 0.717) is 19.4 Å². The van der Waals surface area contributed by atoms with E-state index in [2.05, 4.69) is 62.5 Å². The van der Waals surface area contributed by atoms with Crippen molar-refractivity contribution in [3.05, 3.63) is 48.6 Å². The Balaban J connectivity index is 4.04. The molecule has 2 unspecified atom stereocenters. The Morgan fingerprint density at radius 2 is 0.867 bits per heavy atom.